The largest absolute Gasteiger partial charge is 0.472 e. The van der Waals surface area contributed by atoms with Crippen LogP contribution in [0.2, 0.25) is 0 Å². The molecule has 2 rings (SSSR count). The third-order valence-electron chi connectivity index (χ3n) is 3.73. The predicted octanol–water partition coefficient (Wildman–Crippen LogP) is 2.61. The van der Waals surface area contributed by atoms with Gasteiger partial charge in [0.1, 0.15) is 0 Å². The van der Waals surface area contributed by atoms with Crippen LogP contribution in [0.1, 0.15) is 22.3 Å². The normalized spacial score (nSPS) is 12.0. The van der Waals surface area contributed by atoms with E-state index in [0.717, 1.165) is 16.7 Å². The Kier molecular flexibility index (Phi) is 4.11. The van der Waals surface area contributed by atoms with E-state index in [1.165, 1.54) is 16.8 Å². The van der Waals surface area contributed by atoms with Crippen molar-refractivity contribution in [3.8, 4) is 0 Å². The van der Waals surface area contributed by atoms with Crippen LogP contribution in [0.3, 0.4) is 0 Å². The van der Waals surface area contributed by atoms with Crippen LogP contribution in [-0.2, 0) is 16.6 Å². The van der Waals surface area contributed by atoms with Crippen LogP contribution in [0, 0.1) is 20.8 Å². The van der Waals surface area contributed by atoms with Crippen molar-refractivity contribution in [2.75, 3.05) is 12.8 Å². The zero-order chi connectivity index (χ0) is 15.8. The van der Waals surface area contributed by atoms with Crippen LogP contribution in [0.15, 0.2) is 34.0 Å². The van der Waals surface area contributed by atoms with Crippen molar-refractivity contribution in [2.24, 2.45) is 0 Å². The summed E-state index contributed by atoms with van der Waals surface area (Å²) in [6, 6.07) is 3.55. The number of nitrogens with zero attached hydrogens (tertiary/aromatic N) is 1. The smallest absolute Gasteiger partial charge is 0.243 e. The van der Waals surface area contributed by atoms with E-state index in [1.807, 2.05) is 6.92 Å². The molecule has 2 aromatic rings. The molecule has 0 spiro atoms. The van der Waals surface area contributed by atoms with E-state index in [4.69, 9.17) is 10.2 Å². The fourth-order valence-corrected chi connectivity index (χ4v) is 3.99. The van der Waals surface area contributed by atoms with Crippen LogP contribution < -0.4 is 5.73 Å². The van der Waals surface area contributed by atoms with Gasteiger partial charge in [-0.2, -0.15) is 4.31 Å². The highest BCUT2D eigenvalue weighted by molar-refractivity contribution is 7.89. The van der Waals surface area contributed by atoms with Gasteiger partial charge in [0.15, 0.2) is 0 Å². The van der Waals surface area contributed by atoms with Crippen molar-refractivity contribution in [1.29, 1.82) is 0 Å². The summed E-state index contributed by atoms with van der Waals surface area (Å²) in [7, 11) is -2.05. The van der Waals surface area contributed by atoms with Crippen molar-refractivity contribution >= 4 is 15.7 Å². The second-order valence-electron chi connectivity index (χ2n) is 5.25. The highest BCUT2D eigenvalue weighted by atomic mass is 32.2. The van der Waals surface area contributed by atoms with Crippen molar-refractivity contribution < 1.29 is 12.8 Å². The van der Waals surface area contributed by atoms with Gasteiger partial charge in [0, 0.05) is 24.8 Å². The molecular weight excluding hydrogens is 288 g/mol. The van der Waals surface area contributed by atoms with Gasteiger partial charge >= 0.3 is 0 Å². The number of benzene rings is 1. The van der Waals surface area contributed by atoms with E-state index < -0.39 is 10.0 Å². The summed E-state index contributed by atoms with van der Waals surface area (Å²) < 4.78 is 32.0. The Morgan fingerprint density at radius 2 is 1.90 bits per heavy atom. The van der Waals surface area contributed by atoms with E-state index in [-0.39, 0.29) is 6.54 Å². The number of hydrogen-bond acceptors (Lipinski definition) is 4. The molecule has 6 heteroatoms. The second kappa shape index (κ2) is 5.54. The van der Waals surface area contributed by atoms with Gasteiger partial charge in [0.05, 0.1) is 17.4 Å². The fourth-order valence-electron chi connectivity index (χ4n) is 2.31. The number of sulfonamides is 1. The molecule has 0 bridgehead atoms. The maximum Gasteiger partial charge on any atom is 0.243 e. The SMILES string of the molecule is Cc1cc(N)c(C)c(S(=O)(=O)N(C)Cc2ccoc2)c1C. The van der Waals surface area contributed by atoms with Crippen LogP contribution in [-0.4, -0.2) is 19.8 Å². The van der Waals surface area contributed by atoms with Crippen LogP contribution >= 0.6 is 0 Å². The third kappa shape index (κ3) is 2.82. The minimum absolute atomic E-state index is 0.256. The summed E-state index contributed by atoms with van der Waals surface area (Å²) in [6.07, 6.45) is 3.06. The molecule has 0 aliphatic heterocycles. The minimum Gasteiger partial charge on any atom is -0.472 e. The number of hydrogen-bond donors (Lipinski definition) is 1. The predicted molar refractivity (Wildman–Crippen MR) is 82.4 cm³/mol. The Morgan fingerprint density at radius 1 is 1.24 bits per heavy atom. The molecule has 2 N–H and O–H groups in total. The molecule has 114 valence electrons. The van der Waals surface area contributed by atoms with Gasteiger partial charge in [-0.1, -0.05) is 0 Å². The van der Waals surface area contributed by atoms with Crippen LogP contribution in [0.5, 0.6) is 0 Å². The topological polar surface area (TPSA) is 76.5 Å². The van der Waals surface area contributed by atoms with E-state index in [9.17, 15) is 8.42 Å². The molecule has 0 atom stereocenters. The summed E-state index contributed by atoms with van der Waals surface area (Å²) in [5.41, 5.74) is 9.42. The molecule has 1 aromatic heterocycles. The fraction of sp³-hybridized carbons (Fsp3) is 0.333. The Labute approximate surface area is 125 Å². The monoisotopic (exact) mass is 308 g/mol. The molecule has 0 aliphatic rings. The lowest BCUT2D eigenvalue weighted by molar-refractivity contribution is 0.462. The van der Waals surface area contributed by atoms with Crippen molar-refractivity contribution in [2.45, 2.75) is 32.2 Å². The van der Waals surface area contributed by atoms with E-state index >= 15 is 0 Å². The zero-order valence-corrected chi connectivity index (χ0v) is 13.5. The number of nitrogens with two attached hydrogens (primary N) is 1. The molecule has 5 nitrogen and oxygen atoms in total. The Bertz CT molecular complexity index is 723. The summed E-state index contributed by atoms with van der Waals surface area (Å²) in [4.78, 5) is 0.297. The van der Waals surface area contributed by atoms with Crippen LogP contribution in [0.4, 0.5) is 5.69 Å². The lowest BCUT2D eigenvalue weighted by Gasteiger charge is -2.21. The van der Waals surface area contributed by atoms with E-state index in [1.54, 1.807) is 33.0 Å². The highest BCUT2D eigenvalue weighted by Gasteiger charge is 2.27. The summed E-state index contributed by atoms with van der Waals surface area (Å²) in [6.45, 7) is 5.66. The van der Waals surface area contributed by atoms with Crippen molar-refractivity contribution in [3.63, 3.8) is 0 Å². The van der Waals surface area contributed by atoms with Crippen molar-refractivity contribution in [3.05, 3.63) is 46.9 Å². The number of aryl methyl sites for hydroxylation is 1. The first-order chi connectivity index (χ1) is 9.75. The minimum atomic E-state index is -3.61. The van der Waals surface area contributed by atoms with Crippen molar-refractivity contribution in [1.82, 2.24) is 4.31 Å². The quantitative estimate of drug-likeness (QED) is 0.881. The first-order valence-corrected chi connectivity index (χ1v) is 8.03. The van der Waals surface area contributed by atoms with Gasteiger partial charge < -0.3 is 10.2 Å². The van der Waals surface area contributed by atoms with E-state index in [2.05, 4.69) is 0 Å². The number of rotatable bonds is 4. The first kappa shape index (κ1) is 15.6. The standard InChI is InChI=1S/C15H20N2O3S/c1-10-7-14(16)12(3)15(11(10)2)21(18,19)17(4)8-13-5-6-20-9-13/h5-7,9H,8,16H2,1-4H3. The first-order valence-electron chi connectivity index (χ1n) is 6.59. The third-order valence-corrected chi connectivity index (χ3v) is 5.81. The molecule has 0 saturated carbocycles. The lowest BCUT2D eigenvalue weighted by atomic mass is 10.1. The Hall–Kier alpha value is -1.79. The molecule has 0 amide bonds. The van der Waals surface area contributed by atoms with E-state index in [0.29, 0.717) is 16.1 Å². The molecule has 0 radical (unpaired) electrons. The molecule has 0 fully saturated rings. The summed E-state index contributed by atoms with van der Waals surface area (Å²) in [5.74, 6) is 0. The van der Waals surface area contributed by atoms with Gasteiger partial charge in [-0.25, -0.2) is 8.42 Å². The van der Waals surface area contributed by atoms with Gasteiger partial charge in [-0.15, -0.1) is 0 Å². The molecule has 0 unspecified atom stereocenters. The van der Waals surface area contributed by atoms with Crippen LogP contribution in [0.25, 0.3) is 0 Å². The molecule has 0 aliphatic carbocycles. The van der Waals surface area contributed by atoms with Gasteiger partial charge in [0.25, 0.3) is 0 Å². The van der Waals surface area contributed by atoms with Gasteiger partial charge in [0.2, 0.25) is 10.0 Å². The molecular formula is C15H20N2O3S. The number of furan rings is 1. The summed E-state index contributed by atoms with van der Waals surface area (Å²) in [5, 5.41) is 0. The zero-order valence-electron chi connectivity index (χ0n) is 12.7. The maximum atomic E-state index is 12.8. The average molecular weight is 308 g/mol. The molecule has 1 aromatic carbocycles. The number of anilines is 1. The van der Waals surface area contributed by atoms with Gasteiger partial charge in [-0.3, -0.25) is 0 Å². The average Bonchev–Trinajstić information content (AvgIpc) is 2.89. The Balaban J connectivity index is 2.49. The number of nitrogen functional groups attached to an aromatic ring is 1. The van der Waals surface area contributed by atoms with Gasteiger partial charge in [-0.05, 0) is 49.6 Å². The highest BCUT2D eigenvalue weighted by Crippen LogP contribution is 2.30. The Morgan fingerprint density at radius 3 is 2.48 bits per heavy atom. The molecule has 21 heavy (non-hydrogen) atoms. The lowest BCUT2D eigenvalue weighted by Crippen LogP contribution is -2.28. The maximum absolute atomic E-state index is 12.8. The molecule has 0 saturated heterocycles. The second-order valence-corrected chi connectivity index (χ2v) is 7.24. The summed E-state index contributed by atoms with van der Waals surface area (Å²) >= 11 is 0. The molecule has 1 heterocycles.